The summed E-state index contributed by atoms with van der Waals surface area (Å²) in [5, 5.41) is 81.3. The van der Waals surface area contributed by atoms with Crippen LogP contribution in [0, 0.1) is 23.7 Å². The fraction of sp³-hybridized carbons (Fsp3) is 0.567. The Balaban J connectivity index is 1.22. The number of amides is 16. The van der Waals surface area contributed by atoms with Crippen molar-refractivity contribution in [2.75, 3.05) is 50.2 Å². The molecule has 1 aromatic heterocycles. The molecular formula is C90H128N18O24S3. The molecule has 42 nitrogen and oxygen atoms in total. The second-order valence-electron chi connectivity index (χ2n) is 34.5. The molecule has 3 aliphatic rings. The van der Waals surface area contributed by atoms with Crippen LogP contribution in [-0.2, 0) is 117 Å². The Morgan fingerprint density at radius 1 is 0.533 bits per heavy atom. The average Bonchev–Trinajstić information content (AvgIpc) is 1.66. The van der Waals surface area contributed by atoms with Crippen LogP contribution in [0.1, 0.15) is 155 Å². The van der Waals surface area contributed by atoms with Gasteiger partial charge in [0.2, 0.25) is 82.7 Å². The average molecular weight is 1940 g/mol. The first kappa shape index (κ1) is 110. The highest BCUT2D eigenvalue weighted by Gasteiger charge is 2.44. The molecule has 3 fully saturated rings. The molecule has 3 unspecified atom stereocenters. The van der Waals surface area contributed by atoms with Crippen LogP contribution in [0.5, 0.6) is 11.5 Å². The molecule has 7 rings (SSSR count). The smallest absolute Gasteiger partial charge is 0.326 e. The molecule has 0 radical (unpaired) electrons. The second kappa shape index (κ2) is 56.3. The molecule has 4 heterocycles. The summed E-state index contributed by atoms with van der Waals surface area (Å²) in [5.74, 6) is -21.6. The zero-order valence-corrected chi connectivity index (χ0v) is 79.3. The third-order valence-electron chi connectivity index (χ3n) is 22.3. The van der Waals surface area contributed by atoms with Gasteiger partial charge in [0.25, 0.3) is 0 Å². The Morgan fingerprint density at radius 3 is 1.68 bits per heavy atom. The quantitative estimate of drug-likeness (QED) is 0.0162. The molecule has 0 bridgehead atoms. The Labute approximate surface area is 794 Å². The van der Waals surface area contributed by atoms with Crippen LogP contribution in [0.3, 0.4) is 0 Å². The van der Waals surface area contributed by atoms with E-state index in [4.69, 9.17) is 15.2 Å². The molecular weight excluding hydrogens is 1810 g/mol. The minimum Gasteiger partial charge on any atom is -0.508 e. The minimum absolute atomic E-state index is 0.00809. The van der Waals surface area contributed by atoms with Crippen molar-refractivity contribution in [3.8, 4) is 11.5 Å². The van der Waals surface area contributed by atoms with Crippen LogP contribution in [0.4, 0.5) is 4.79 Å². The minimum atomic E-state index is -2.09. The number of ether oxygens (including phenoxy) is 2. The number of phenolic OH excluding ortho intramolecular Hbond substituents is 2. The number of carboxylic acid groups (broad SMARTS) is 2. The largest absolute Gasteiger partial charge is 0.508 e. The lowest BCUT2D eigenvalue weighted by atomic mass is 9.90. The standard InChI is InChI=1S/C90H128N18O24S3/c1-9-10-18-59(89(128)129)97-85(124)68-46-135-134-45-67(96-73(114)29-31-131-33-34-132-32-30-93-72(113)20-15-14-19-70-77-66(44-133-70)105-90(130)108-77)86(125)107-75(49(4)5)87(126)103-62(37-52-16-12-11-13-17-52)80(119)95-51(8)78(117)99-64(40-56-43-92-47-94-56)82(121)98-60(41-71(91)112)69(111)39-55(36-53-21-25-57(109)26-22-53)79(118)100-65(42-74(115)116)83(122)102-63(38-54-23-27-58(110)28-24-54)81(120)101-61(35-48(2)3)84(123)106-76(50(6)7)88(127)104-68/h11-13,16-17,21-28,43,47-51,55,59-68,70,75-77,109-110H,9-10,14-15,18-20,29-42,44-46H2,1-8H3,(H2,91,112)(H,92,94)(H,93,113)(H,95,119)(H,96,114)(H,97,124)(H,98,121)(H,99,117)(H,100,118)(H,101,120)(H,102,122)(H,103,126)(H,104,127)(H,106,123)(H,107,125)(H,115,116)(H,128,129)(H2,105,108,130)/t51-,55+,59-,60-,61-,62-,63-,64-,65-,66?,67-,68-,70?,75-,76-,77?/m0/s1. The number of aromatic hydroxyl groups is 2. The van der Waals surface area contributed by atoms with Crippen molar-refractivity contribution < 1.29 is 116 Å². The number of urea groups is 1. The van der Waals surface area contributed by atoms with Gasteiger partial charge in [0.15, 0.2) is 5.78 Å². The number of aliphatic carboxylic acids is 2. The lowest BCUT2D eigenvalue weighted by Gasteiger charge is -2.29. The number of H-pyrrole nitrogens is 1. The van der Waals surface area contributed by atoms with Gasteiger partial charge in [0, 0.05) is 85.4 Å². The van der Waals surface area contributed by atoms with E-state index in [1.54, 1.807) is 90.6 Å². The number of carbonyl (C=O) groups is 18. The van der Waals surface area contributed by atoms with Gasteiger partial charge in [0.1, 0.15) is 78.0 Å². The molecule has 0 aliphatic carbocycles. The van der Waals surface area contributed by atoms with Crippen molar-refractivity contribution in [1.29, 1.82) is 0 Å². The zero-order valence-electron chi connectivity index (χ0n) is 76.8. The Hall–Kier alpha value is -12.1. The number of aromatic nitrogens is 2. The number of ketones is 1. The van der Waals surface area contributed by atoms with Gasteiger partial charge in [-0.15, -0.1) is 0 Å². The second-order valence-corrected chi connectivity index (χ2v) is 38.3. The number of benzene rings is 3. The van der Waals surface area contributed by atoms with Crippen LogP contribution < -0.4 is 85.5 Å². The number of phenols is 2. The SMILES string of the molecule is CCCC[C@H](NC(=O)[C@@H]1CSSC[C@H](NC(=O)CCOCCOCCNC(=O)CCCCC2SCC3NC(=O)NC32)C(=O)N[C@@H](C(C)C)C(=O)N[C@@H](Cc2ccccc2)C(=O)N[C@@H](C)C(=O)N[C@@H](Cc2cnc[nH]2)C(=O)N[C@@H](CC(N)=O)C(=O)C[C@@H](Cc2ccc(O)cc2)C(=O)N[C@@H](CC(=O)O)C(=O)N[C@@H](Cc2ccc(O)cc2)C(=O)N[C@@H](CC(C)C)C(=O)N[C@@H](C(C)C)C(=O)N1)C(=O)O. The van der Waals surface area contributed by atoms with Crippen LogP contribution in [0.2, 0.25) is 0 Å². The topological polar surface area (TPSA) is 642 Å². The highest BCUT2D eigenvalue weighted by Crippen LogP contribution is 2.34. The van der Waals surface area contributed by atoms with E-state index in [0.29, 0.717) is 31.2 Å². The van der Waals surface area contributed by atoms with E-state index in [1.165, 1.54) is 68.0 Å². The van der Waals surface area contributed by atoms with Gasteiger partial charge in [-0.2, -0.15) is 11.8 Å². The number of nitrogens with one attached hydrogen (secondary N) is 16. The lowest BCUT2D eigenvalue weighted by molar-refractivity contribution is -0.142. The van der Waals surface area contributed by atoms with Crippen molar-refractivity contribution in [2.45, 2.75) is 248 Å². The molecule has 0 spiro atoms. The summed E-state index contributed by atoms with van der Waals surface area (Å²) in [4.78, 5) is 262. The van der Waals surface area contributed by atoms with E-state index in [2.05, 4.69) is 89.7 Å². The number of imidazole rings is 1. The molecule has 22 N–H and O–H groups in total. The van der Waals surface area contributed by atoms with Gasteiger partial charge in [-0.05, 0) is 97.7 Å². The maximum absolute atomic E-state index is 15.0. The van der Waals surface area contributed by atoms with E-state index in [1.807, 2.05) is 0 Å². The molecule has 3 aliphatic heterocycles. The maximum atomic E-state index is 15.0. The van der Waals surface area contributed by atoms with E-state index in [0.717, 1.165) is 40.2 Å². The van der Waals surface area contributed by atoms with Crippen molar-refractivity contribution >= 4 is 140 Å². The lowest BCUT2D eigenvalue weighted by Crippen LogP contribution is -2.61. The number of fused-ring (bicyclic) bond motifs is 1. The normalized spacial score (nSPS) is 24.1. The summed E-state index contributed by atoms with van der Waals surface area (Å²) in [6.07, 6.45) is 1.09. The third kappa shape index (κ3) is 38.3. The predicted octanol–water partition coefficient (Wildman–Crippen LogP) is 0.148. The number of rotatable bonds is 37. The van der Waals surface area contributed by atoms with Crippen LogP contribution in [0.25, 0.3) is 0 Å². The first-order valence-electron chi connectivity index (χ1n) is 45.1. The number of nitrogens with two attached hydrogens (primary N) is 1. The predicted molar refractivity (Wildman–Crippen MR) is 499 cm³/mol. The molecule has 135 heavy (non-hydrogen) atoms. The molecule has 0 saturated carbocycles. The van der Waals surface area contributed by atoms with Crippen LogP contribution >= 0.6 is 33.3 Å². The molecule has 45 heteroatoms. The summed E-state index contributed by atoms with van der Waals surface area (Å²) in [5.41, 5.74) is 7.01. The van der Waals surface area contributed by atoms with Crippen molar-refractivity contribution in [3.05, 3.63) is 114 Å². The Kier molecular flexibility index (Phi) is 45.8. The number of carboxylic acids is 2. The van der Waals surface area contributed by atoms with E-state index < -0.39 is 235 Å². The molecule has 3 aromatic carbocycles. The van der Waals surface area contributed by atoms with Crippen molar-refractivity contribution in [3.63, 3.8) is 0 Å². The molecule has 4 aromatic rings. The van der Waals surface area contributed by atoms with Gasteiger partial charge in [-0.3, -0.25) is 76.7 Å². The fourth-order valence-corrected chi connectivity index (χ4v) is 18.7. The number of unbranched alkanes of at least 4 members (excludes halogenated alkanes) is 2. The molecule has 3 saturated heterocycles. The molecule has 16 amide bonds. The maximum Gasteiger partial charge on any atom is 0.326 e. The summed E-state index contributed by atoms with van der Waals surface area (Å²) in [7, 11) is 1.78. The zero-order chi connectivity index (χ0) is 99.0. The number of Topliss-reactive ketones (excluding diaryl/α,β-unsaturated/α-hetero) is 1. The van der Waals surface area contributed by atoms with Crippen LogP contribution in [0.15, 0.2) is 91.4 Å². The highest BCUT2D eigenvalue weighted by atomic mass is 33.1. The van der Waals surface area contributed by atoms with Crippen molar-refractivity contribution in [2.24, 2.45) is 29.4 Å². The molecule has 16 atom stereocenters. The first-order valence-corrected chi connectivity index (χ1v) is 48.6. The number of aromatic amines is 1. The molecule has 740 valence electrons. The summed E-state index contributed by atoms with van der Waals surface area (Å²) in [6, 6.07) is -0.834. The van der Waals surface area contributed by atoms with Gasteiger partial charge in [0.05, 0.1) is 63.7 Å². The third-order valence-corrected chi connectivity index (χ3v) is 26.2. The Bertz CT molecular complexity index is 4680. The number of hydrogen-bond donors (Lipinski definition) is 21. The summed E-state index contributed by atoms with van der Waals surface area (Å²) < 4.78 is 11.4. The number of thioether (sulfide) groups is 1. The van der Waals surface area contributed by atoms with E-state index in [9.17, 15) is 102 Å². The fourth-order valence-electron chi connectivity index (χ4n) is 14.9. The van der Waals surface area contributed by atoms with Crippen LogP contribution in [-0.4, -0.2) is 277 Å². The van der Waals surface area contributed by atoms with Gasteiger partial charge < -0.3 is 120 Å². The monoisotopic (exact) mass is 1940 g/mol. The van der Waals surface area contributed by atoms with Gasteiger partial charge >= 0.3 is 18.0 Å². The number of hydrogen-bond acceptors (Lipinski definition) is 26. The van der Waals surface area contributed by atoms with E-state index in [-0.39, 0.29) is 122 Å². The van der Waals surface area contributed by atoms with Gasteiger partial charge in [-0.1, -0.05) is 144 Å². The number of nitrogens with zero attached hydrogens (tertiary/aromatic N) is 1. The first-order chi connectivity index (χ1) is 64.2. The Morgan fingerprint density at radius 2 is 1.08 bits per heavy atom. The highest BCUT2D eigenvalue weighted by molar-refractivity contribution is 8.76. The van der Waals surface area contributed by atoms with E-state index >= 15 is 4.79 Å². The summed E-state index contributed by atoms with van der Waals surface area (Å²) >= 11 is 1.80. The van der Waals surface area contributed by atoms with Gasteiger partial charge in [-0.25, -0.2) is 14.6 Å². The van der Waals surface area contributed by atoms with Crippen molar-refractivity contribution in [1.82, 2.24) is 89.7 Å². The number of carbonyl (C=O) groups excluding carboxylic acids is 16. The summed E-state index contributed by atoms with van der Waals surface area (Å²) in [6.45, 7) is 12.9. The number of primary amides is 1.